The molecule has 0 heterocycles. The molecule has 0 unspecified atom stereocenters. The van der Waals surface area contributed by atoms with Crippen LogP contribution >= 0.6 is 11.8 Å². The van der Waals surface area contributed by atoms with Crippen molar-refractivity contribution in [2.45, 2.75) is 0 Å². The Balaban J connectivity index is 3.13. The van der Waals surface area contributed by atoms with Crippen LogP contribution < -0.4 is 11.5 Å². The van der Waals surface area contributed by atoms with Crippen LogP contribution in [0.2, 0.25) is 0 Å². The van der Waals surface area contributed by atoms with E-state index in [1.165, 1.54) is 11.8 Å². The lowest BCUT2D eigenvalue weighted by Crippen LogP contribution is -2.00. The van der Waals surface area contributed by atoms with Crippen molar-refractivity contribution >= 4 is 28.2 Å². The number of hydrogen-bond donors (Lipinski definition) is 3. The molecule has 1 rings (SSSR count). The van der Waals surface area contributed by atoms with Gasteiger partial charge in [0.1, 0.15) is 0 Å². The smallest absolute Gasteiger partial charge is 0.0961 e. The number of nitrogens with two attached hydrogens (primary N) is 2. The van der Waals surface area contributed by atoms with Crippen LogP contribution in [0.25, 0.3) is 0 Å². The largest absolute Gasteiger partial charge is 0.399 e. The molecule has 3 nitrogen and oxygen atoms in total. The minimum atomic E-state index is 0.444. The first kappa shape index (κ1) is 8.93. The summed E-state index contributed by atoms with van der Waals surface area (Å²) in [6, 6.07) is 5.16. The van der Waals surface area contributed by atoms with Crippen molar-refractivity contribution in [3.63, 3.8) is 0 Å². The Labute approximate surface area is 75.6 Å². The molecule has 5 N–H and O–H groups in total. The van der Waals surface area contributed by atoms with E-state index < -0.39 is 0 Å². The molecule has 64 valence electrons. The quantitative estimate of drug-likeness (QED) is 0.349. The molecule has 0 bridgehead atoms. The van der Waals surface area contributed by atoms with E-state index in [0.717, 1.165) is 0 Å². The van der Waals surface area contributed by atoms with Crippen molar-refractivity contribution in [1.29, 1.82) is 5.41 Å². The van der Waals surface area contributed by atoms with E-state index in [2.05, 4.69) is 0 Å². The molecule has 0 saturated heterocycles. The lowest BCUT2D eigenvalue weighted by Gasteiger charge is -2.05. The van der Waals surface area contributed by atoms with E-state index in [4.69, 9.17) is 16.9 Å². The van der Waals surface area contributed by atoms with E-state index in [0.29, 0.717) is 22.0 Å². The van der Waals surface area contributed by atoms with E-state index in [1.807, 2.05) is 6.26 Å². The molecule has 0 aliphatic heterocycles. The number of benzene rings is 1. The molecule has 0 saturated carbocycles. The van der Waals surface area contributed by atoms with E-state index in [1.54, 1.807) is 18.2 Å². The zero-order chi connectivity index (χ0) is 9.14. The van der Waals surface area contributed by atoms with Gasteiger partial charge in [-0.2, -0.15) is 0 Å². The zero-order valence-electron chi connectivity index (χ0n) is 6.79. The summed E-state index contributed by atoms with van der Waals surface area (Å²) in [6.45, 7) is 0. The van der Waals surface area contributed by atoms with Gasteiger partial charge in [-0.1, -0.05) is 0 Å². The molecular weight excluding hydrogens is 170 g/mol. The van der Waals surface area contributed by atoms with Crippen molar-refractivity contribution in [2.75, 3.05) is 17.7 Å². The van der Waals surface area contributed by atoms with Gasteiger partial charge in [-0.25, -0.2) is 0 Å². The average molecular weight is 181 g/mol. The second kappa shape index (κ2) is 3.49. The lowest BCUT2D eigenvalue weighted by atomic mass is 10.2. The zero-order valence-corrected chi connectivity index (χ0v) is 7.61. The highest BCUT2D eigenvalue weighted by atomic mass is 32.2. The lowest BCUT2D eigenvalue weighted by molar-refractivity contribution is 1.52. The first-order valence-corrected chi connectivity index (χ1v) is 4.65. The number of thioether (sulfide) groups is 1. The molecule has 12 heavy (non-hydrogen) atoms. The highest BCUT2D eigenvalue weighted by Crippen LogP contribution is 2.19. The minimum absolute atomic E-state index is 0.444. The highest BCUT2D eigenvalue weighted by Gasteiger charge is 2.03. The Morgan fingerprint density at radius 1 is 1.42 bits per heavy atom. The molecule has 0 aliphatic rings. The summed E-state index contributed by atoms with van der Waals surface area (Å²) in [7, 11) is 0. The van der Waals surface area contributed by atoms with Gasteiger partial charge in [0.05, 0.1) is 5.04 Å². The van der Waals surface area contributed by atoms with Gasteiger partial charge in [-0.3, -0.25) is 5.41 Å². The van der Waals surface area contributed by atoms with Gasteiger partial charge in [0.15, 0.2) is 0 Å². The fourth-order valence-electron chi connectivity index (χ4n) is 0.880. The molecule has 1 aromatic rings. The Bertz CT molecular complexity index is 309. The third kappa shape index (κ3) is 1.71. The van der Waals surface area contributed by atoms with Gasteiger partial charge in [0, 0.05) is 16.9 Å². The maximum Gasteiger partial charge on any atom is 0.0961 e. The van der Waals surface area contributed by atoms with Crippen LogP contribution in [0.3, 0.4) is 0 Å². The van der Waals surface area contributed by atoms with Crippen molar-refractivity contribution < 1.29 is 0 Å². The molecule has 1 aromatic carbocycles. The summed E-state index contributed by atoms with van der Waals surface area (Å²) in [5.74, 6) is 0. The maximum atomic E-state index is 7.54. The summed E-state index contributed by atoms with van der Waals surface area (Å²) < 4.78 is 0. The van der Waals surface area contributed by atoms with Gasteiger partial charge < -0.3 is 11.5 Å². The SMILES string of the molecule is CSC(=N)c1cc(N)ccc1N. The Morgan fingerprint density at radius 2 is 2.08 bits per heavy atom. The van der Waals surface area contributed by atoms with Crippen molar-refractivity contribution in [3.8, 4) is 0 Å². The minimum Gasteiger partial charge on any atom is -0.399 e. The van der Waals surface area contributed by atoms with E-state index in [-0.39, 0.29) is 0 Å². The topological polar surface area (TPSA) is 75.9 Å². The van der Waals surface area contributed by atoms with E-state index >= 15 is 0 Å². The van der Waals surface area contributed by atoms with Crippen LogP contribution in [-0.2, 0) is 0 Å². The van der Waals surface area contributed by atoms with Gasteiger partial charge in [0.25, 0.3) is 0 Å². The summed E-state index contributed by atoms with van der Waals surface area (Å²) in [6.07, 6.45) is 1.84. The van der Waals surface area contributed by atoms with Crippen LogP contribution in [0.5, 0.6) is 0 Å². The maximum absolute atomic E-state index is 7.54. The van der Waals surface area contributed by atoms with Gasteiger partial charge in [0.2, 0.25) is 0 Å². The fourth-order valence-corrected chi connectivity index (χ4v) is 1.28. The van der Waals surface area contributed by atoms with Crippen molar-refractivity contribution in [1.82, 2.24) is 0 Å². The predicted molar refractivity (Wildman–Crippen MR) is 55.6 cm³/mol. The molecule has 0 aromatic heterocycles. The molecule has 0 atom stereocenters. The summed E-state index contributed by atoms with van der Waals surface area (Å²) >= 11 is 1.35. The van der Waals surface area contributed by atoms with Crippen LogP contribution in [0.1, 0.15) is 5.56 Å². The summed E-state index contributed by atoms with van der Waals surface area (Å²) in [4.78, 5) is 0. The Morgan fingerprint density at radius 3 is 2.67 bits per heavy atom. The van der Waals surface area contributed by atoms with Crippen LogP contribution in [-0.4, -0.2) is 11.3 Å². The third-order valence-electron chi connectivity index (χ3n) is 1.53. The molecular formula is C8H11N3S. The monoisotopic (exact) mass is 181 g/mol. The molecule has 0 amide bonds. The predicted octanol–water partition coefficient (Wildman–Crippen LogP) is 1.54. The van der Waals surface area contributed by atoms with Gasteiger partial charge in [-0.05, 0) is 24.5 Å². The first-order valence-electron chi connectivity index (χ1n) is 3.43. The molecule has 0 fully saturated rings. The average Bonchev–Trinajstić information content (AvgIpc) is 2.08. The number of nitrogens with one attached hydrogen (secondary N) is 1. The highest BCUT2D eigenvalue weighted by molar-refractivity contribution is 8.13. The van der Waals surface area contributed by atoms with Crippen LogP contribution in [0.15, 0.2) is 18.2 Å². The molecule has 0 spiro atoms. The Hall–Kier alpha value is -1.16. The van der Waals surface area contributed by atoms with Gasteiger partial charge >= 0.3 is 0 Å². The van der Waals surface area contributed by atoms with Crippen molar-refractivity contribution in [3.05, 3.63) is 23.8 Å². The molecule has 0 aliphatic carbocycles. The number of hydrogen-bond acceptors (Lipinski definition) is 4. The first-order chi connectivity index (χ1) is 5.65. The Kier molecular flexibility index (Phi) is 2.60. The van der Waals surface area contributed by atoms with Crippen molar-refractivity contribution in [2.24, 2.45) is 0 Å². The third-order valence-corrected chi connectivity index (χ3v) is 2.15. The van der Waals surface area contributed by atoms with Crippen LogP contribution in [0.4, 0.5) is 11.4 Å². The summed E-state index contributed by atoms with van der Waals surface area (Å²) in [5, 5.41) is 7.99. The summed E-state index contributed by atoms with van der Waals surface area (Å²) in [5.41, 5.74) is 13.2. The van der Waals surface area contributed by atoms with E-state index in [9.17, 15) is 0 Å². The fraction of sp³-hybridized carbons (Fsp3) is 0.125. The molecule has 0 radical (unpaired) electrons. The normalized spacial score (nSPS) is 9.75. The second-order valence-electron chi connectivity index (χ2n) is 2.38. The van der Waals surface area contributed by atoms with Crippen LogP contribution in [0, 0.1) is 5.41 Å². The molecule has 4 heteroatoms. The standard InChI is InChI=1S/C8H11N3S/c1-12-8(11)6-4-5(9)2-3-7(6)10/h2-4,11H,9-10H2,1H3. The number of anilines is 2. The number of nitrogen functional groups attached to an aromatic ring is 2. The number of rotatable bonds is 1. The van der Waals surface area contributed by atoms with Gasteiger partial charge in [-0.15, -0.1) is 11.8 Å². The second-order valence-corrected chi connectivity index (χ2v) is 3.20.